The van der Waals surface area contributed by atoms with E-state index < -0.39 is 8.32 Å². The van der Waals surface area contributed by atoms with Crippen LogP contribution in [0.15, 0.2) is 35.5 Å². The number of tetrazole rings is 1. The molecular formula is C20H32N4OSSi. The molecule has 0 N–H and O–H groups in total. The molecule has 5 nitrogen and oxygen atoms in total. The third-order valence-electron chi connectivity index (χ3n) is 5.75. The number of unbranched alkanes of at least 4 members (excludes halogenated alkanes) is 1. The zero-order chi connectivity index (χ0) is 19.5. The highest BCUT2D eigenvalue weighted by atomic mass is 32.2. The normalized spacial score (nSPS) is 20.0. The van der Waals surface area contributed by atoms with Gasteiger partial charge < -0.3 is 4.43 Å². The molecule has 0 saturated heterocycles. The first-order valence-corrected chi connectivity index (χ1v) is 13.8. The molecule has 1 saturated carbocycles. The van der Waals surface area contributed by atoms with E-state index in [-0.39, 0.29) is 0 Å². The van der Waals surface area contributed by atoms with E-state index in [1.807, 2.05) is 35.0 Å². The van der Waals surface area contributed by atoms with Crippen molar-refractivity contribution in [3.63, 3.8) is 0 Å². The molecule has 1 aromatic heterocycles. The molecule has 1 fully saturated rings. The number of rotatable bonds is 9. The largest absolute Gasteiger partial charge is 0.414 e. The molecule has 2 atom stereocenters. The molecule has 0 amide bonds. The predicted molar refractivity (Wildman–Crippen MR) is 114 cm³/mol. The lowest BCUT2D eigenvalue weighted by atomic mass is 10.2. The second-order valence-electron chi connectivity index (χ2n) is 8.97. The van der Waals surface area contributed by atoms with Crippen molar-refractivity contribution in [1.29, 1.82) is 0 Å². The third kappa shape index (κ3) is 5.42. The zero-order valence-electron chi connectivity index (χ0n) is 17.2. The van der Waals surface area contributed by atoms with Crippen molar-refractivity contribution >= 4 is 20.1 Å². The van der Waals surface area contributed by atoms with E-state index in [1.165, 1.54) is 25.7 Å². The lowest BCUT2D eigenvalue weighted by molar-refractivity contribution is 0.254. The summed E-state index contributed by atoms with van der Waals surface area (Å²) in [5.74, 6) is 1.83. The standard InChI is InChI=1S/C20H32N4OSSi/c1-20(2,3)27(4,5)25-18-15-16(18)11-9-10-14-26-19-21-22-23-24(19)17-12-7-6-8-13-17/h6-8,12-13,16,18H,9-11,14-15H2,1-5H3/t16-,18-/m1/s1. The van der Waals surface area contributed by atoms with Gasteiger partial charge in [-0.15, -0.1) is 5.10 Å². The van der Waals surface area contributed by atoms with E-state index in [0.29, 0.717) is 11.1 Å². The molecule has 1 aromatic carbocycles. The topological polar surface area (TPSA) is 52.8 Å². The Hall–Kier alpha value is -1.18. The van der Waals surface area contributed by atoms with Gasteiger partial charge in [0.2, 0.25) is 5.16 Å². The van der Waals surface area contributed by atoms with Crippen molar-refractivity contribution in [1.82, 2.24) is 20.2 Å². The van der Waals surface area contributed by atoms with Crippen molar-refractivity contribution in [3.05, 3.63) is 30.3 Å². The number of para-hydroxylation sites is 1. The fraction of sp³-hybridized carbons (Fsp3) is 0.650. The summed E-state index contributed by atoms with van der Waals surface area (Å²) in [7, 11) is -1.61. The van der Waals surface area contributed by atoms with Crippen molar-refractivity contribution in [2.24, 2.45) is 5.92 Å². The highest BCUT2D eigenvalue weighted by molar-refractivity contribution is 7.99. The van der Waals surface area contributed by atoms with Gasteiger partial charge in [0.25, 0.3) is 0 Å². The van der Waals surface area contributed by atoms with E-state index in [0.717, 1.165) is 22.5 Å². The molecule has 0 spiro atoms. The first kappa shape index (κ1) is 20.5. The van der Waals surface area contributed by atoms with E-state index in [4.69, 9.17) is 4.43 Å². The van der Waals surface area contributed by atoms with Crippen LogP contribution in [0.2, 0.25) is 18.1 Å². The summed E-state index contributed by atoms with van der Waals surface area (Å²) in [4.78, 5) is 0. The van der Waals surface area contributed by atoms with Gasteiger partial charge in [0.05, 0.1) is 5.69 Å². The molecule has 0 bridgehead atoms. The van der Waals surface area contributed by atoms with Gasteiger partial charge in [0, 0.05) is 11.9 Å². The summed E-state index contributed by atoms with van der Waals surface area (Å²) in [6.45, 7) is 11.7. The average molecular weight is 405 g/mol. The minimum atomic E-state index is -1.61. The number of hydrogen-bond acceptors (Lipinski definition) is 5. The molecular weight excluding hydrogens is 372 g/mol. The molecule has 7 heteroatoms. The molecule has 0 unspecified atom stereocenters. The monoisotopic (exact) mass is 404 g/mol. The van der Waals surface area contributed by atoms with Gasteiger partial charge >= 0.3 is 0 Å². The van der Waals surface area contributed by atoms with Crippen LogP contribution < -0.4 is 0 Å². The molecule has 0 aliphatic heterocycles. The van der Waals surface area contributed by atoms with E-state index in [9.17, 15) is 0 Å². The number of hydrogen-bond donors (Lipinski definition) is 0. The molecule has 1 heterocycles. The van der Waals surface area contributed by atoms with Crippen LogP contribution in [0.3, 0.4) is 0 Å². The summed E-state index contributed by atoms with van der Waals surface area (Å²) in [6, 6.07) is 10.1. The number of aromatic nitrogens is 4. The van der Waals surface area contributed by atoms with Crippen molar-refractivity contribution in [2.45, 2.75) is 75.8 Å². The van der Waals surface area contributed by atoms with Crippen molar-refractivity contribution < 1.29 is 4.43 Å². The summed E-state index contributed by atoms with van der Waals surface area (Å²) < 4.78 is 8.32. The Labute approximate surface area is 168 Å². The van der Waals surface area contributed by atoms with Crippen LogP contribution in [0, 0.1) is 5.92 Å². The van der Waals surface area contributed by atoms with Gasteiger partial charge in [-0.3, -0.25) is 0 Å². The van der Waals surface area contributed by atoms with Crippen LogP contribution in [0.4, 0.5) is 0 Å². The van der Waals surface area contributed by atoms with Crippen LogP contribution in [0.25, 0.3) is 5.69 Å². The first-order valence-electron chi connectivity index (χ1n) is 9.92. The maximum Gasteiger partial charge on any atom is 0.214 e. The SMILES string of the molecule is CC(C)(C)[Si](C)(C)O[C@@H]1C[C@H]1CCCCSc1nnnn1-c1ccccc1. The van der Waals surface area contributed by atoms with Crippen molar-refractivity contribution in [2.75, 3.05) is 5.75 Å². The summed E-state index contributed by atoms with van der Waals surface area (Å²) in [5, 5.41) is 13.3. The van der Waals surface area contributed by atoms with Crippen LogP contribution in [-0.4, -0.2) is 40.4 Å². The lowest BCUT2D eigenvalue weighted by Gasteiger charge is -2.36. The molecule has 148 valence electrons. The highest BCUT2D eigenvalue weighted by Gasteiger charge is 2.46. The summed E-state index contributed by atoms with van der Waals surface area (Å²) in [5.41, 5.74) is 1.01. The Kier molecular flexibility index (Phi) is 6.43. The zero-order valence-corrected chi connectivity index (χ0v) is 19.0. The molecule has 3 rings (SSSR count). The van der Waals surface area contributed by atoms with E-state index in [1.54, 1.807) is 11.8 Å². The first-order chi connectivity index (χ1) is 12.8. The molecule has 27 heavy (non-hydrogen) atoms. The number of nitrogens with zero attached hydrogens (tertiary/aromatic N) is 4. The van der Waals surface area contributed by atoms with E-state index in [2.05, 4.69) is 49.4 Å². The minimum absolute atomic E-state index is 0.305. The smallest absolute Gasteiger partial charge is 0.214 e. The van der Waals surface area contributed by atoms with E-state index >= 15 is 0 Å². The maximum atomic E-state index is 6.51. The predicted octanol–water partition coefficient (Wildman–Crippen LogP) is 5.34. The average Bonchev–Trinajstić information content (AvgIpc) is 3.15. The van der Waals surface area contributed by atoms with Crippen LogP contribution in [-0.2, 0) is 4.43 Å². The van der Waals surface area contributed by atoms with Crippen LogP contribution >= 0.6 is 11.8 Å². The van der Waals surface area contributed by atoms with Gasteiger partial charge in [-0.2, -0.15) is 4.68 Å². The molecule has 2 aromatic rings. The number of thioether (sulfide) groups is 1. The molecule has 0 radical (unpaired) electrons. The highest BCUT2D eigenvalue weighted by Crippen LogP contribution is 2.45. The molecule has 1 aliphatic rings. The van der Waals surface area contributed by atoms with Crippen LogP contribution in [0.5, 0.6) is 0 Å². The second-order valence-corrected chi connectivity index (χ2v) is 14.8. The second kappa shape index (κ2) is 8.45. The minimum Gasteiger partial charge on any atom is -0.414 e. The third-order valence-corrected chi connectivity index (χ3v) is 11.3. The Morgan fingerprint density at radius 1 is 1.19 bits per heavy atom. The fourth-order valence-corrected chi connectivity index (χ4v) is 5.18. The summed E-state index contributed by atoms with van der Waals surface area (Å²) in [6.07, 6.45) is 5.50. The quantitative estimate of drug-likeness (QED) is 0.321. The lowest BCUT2D eigenvalue weighted by Crippen LogP contribution is -2.41. The van der Waals surface area contributed by atoms with Crippen molar-refractivity contribution in [3.8, 4) is 5.69 Å². The maximum absolute atomic E-state index is 6.51. The van der Waals surface area contributed by atoms with Gasteiger partial charge in [-0.05, 0) is 65.9 Å². The van der Waals surface area contributed by atoms with Gasteiger partial charge in [0.1, 0.15) is 0 Å². The Bertz CT molecular complexity index is 729. The van der Waals surface area contributed by atoms with Gasteiger partial charge in [-0.25, -0.2) is 0 Å². The van der Waals surface area contributed by atoms with Crippen LogP contribution in [0.1, 0.15) is 46.5 Å². The molecule has 1 aliphatic carbocycles. The fourth-order valence-electron chi connectivity index (χ4n) is 2.90. The Morgan fingerprint density at radius 2 is 1.93 bits per heavy atom. The van der Waals surface area contributed by atoms with Gasteiger partial charge in [-0.1, -0.05) is 57.2 Å². The van der Waals surface area contributed by atoms with Gasteiger partial charge in [0.15, 0.2) is 8.32 Å². The summed E-state index contributed by atoms with van der Waals surface area (Å²) >= 11 is 1.74. The Morgan fingerprint density at radius 3 is 2.63 bits per heavy atom. The number of benzene rings is 1. The Balaban J connectivity index is 1.35.